The molecule has 0 unspecified atom stereocenters. The number of benzene rings is 6. The van der Waals surface area contributed by atoms with Crippen molar-refractivity contribution in [2.45, 2.75) is 0 Å². The molecule has 0 atom stereocenters. The van der Waals surface area contributed by atoms with Gasteiger partial charge >= 0.3 is 0 Å². The summed E-state index contributed by atoms with van der Waals surface area (Å²) in [4.78, 5) is 14.6. The maximum atomic E-state index is 9.57. The Balaban J connectivity index is 1.35. The molecule has 7 aromatic rings. The molecule has 1 aromatic heterocycles. The summed E-state index contributed by atoms with van der Waals surface area (Å²) in [6.07, 6.45) is 0. The smallest absolute Gasteiger partial charge is 0.164 e. The van der Waals surface area contributed by atoms with E-state index in [4.69, 9.17) is 15.0 Å². The average Bonchev–Trinajstić information content (AvgIpc) is 3.08. The zero-order chi connectivity index (χ0) is 28.3. The van der Waals surface area contributed by atoms with Crippen LogP contribution in [0.25, 0.3) is 67.2 Å². The Kier molecular flexibility index (Phi) is 6.52. The van der Waals surface area contributed by atoms with Gasteiger partial charge in [0.15, 0.2) is 17.5 Å². The third-order valence-corrected chi connectivity index (χ3v) is 7.36. The summed E-state index contributed by atoms with van der Waals surface area (Å²) in [6.45, 7) is 0. The molecule has 4 heteroatoms. The molecule has 0 amide bonds. The first-order valence-corrected chi connectivity index (χ1v) is 13.8. The first-order chi connectivity index (χ1) is 20.8. The maximum absolute atomic E-state index is 9.57. The summed E-state index contributed by atoms with van der Waals surface area (Å²) in [7, 11) is 0. The molecule has 0 saturated carbocycles. The van der Waals surface area contributed by atoms with E-state index < -0.39 is 0 Å². The van der Waals surface area contributed by atoms with Crippen molar-refractivity contribution in [3.63, 3.8) is 0 Å². The number of hydrogen-bond acceptors (Lipinski definition) is 4. The number of hydrogen-bond donors (Lipinski definition) is 0. The van der Waals surface area contributed by atoms with Crippen LogP contribution in [0.2, 0.25) is 0 Å². The summed E-state index contributed by atoms with van der Waals surface area (Å²) in [6, 6.07) is 51.1. The molecule has 0 bridgehead atoms. The van der Waals surface area contributed by atoms with E-state index in [-0.39, 0.29) is 0 Å². The lowest BCUT2D eigenvalue weighted by atomic mass is 9.89. The van der Waals surface area contributed by atoms with Crippen molar-refractivity contribution < 1.29 is 0 Å². The molecule has 0 radical (unpaired) electrons. The zero-order valence-corrected chi connectivity index (χ0v) is 22.6. The third-order valence-electron chi connectivity index (χ3n) is 7.36. The van der Waals surface area contributed by atoms with Crippen LogP contribution in [-0.2, 0) is 0 Å². The van der Waals surface area contributed by atoms with Gasteiger partial charge in [-0.3, -0.25) is 0 Å². The largest absolute Gasteiger partial charge is 0.208 e. The second kappa shape index (κ2) is 10.9. The van der Waals surface area contributed by atoms with E-state index in [9.17, 15) is 5.26 Å². The Morgan fingerprint density at radius 3 is 1.57 bits per heavy atom. The summed E-state index contributed by atoms with van der Waals surface area (Å²) in [5.41, 5.74) is 7.72. The average molecular weight is 537 g/mol. The summed E-state index contributed by atoms with van der Waals surface area (Å²) < 4.78 is 0. The normalized spacial score (nSPS) is 10.8. The number of nitriles is 1. The van der Waals surface area contributed by atoms with Crippen LogP contribution >= 0.6 is 0 Å². The lowest BCUT2D eigenvalue weighted by molar-refractivity contribution is 1.07. The summed E-state index contributed by atoms with van der Waals surface area (Å²) in [5, 5.41) is 11.9. The SMILES string of the molecule is N#Cc1cccc(-c2c(-c3ccc(-c4nc(-c5ccccc5)nc(-c5ccccc5)n4)cc3)ccc3ccccc23)c1. The number of fused-ring (bicyclic) bond motifs is 1. The second-order valence-electron chi connectivity index (χ2n) is 10.0. The molecule has 0 aliphatic rings. The maximum Gasteiger partial charge on any atom is 0.164 e. The molecule has 196 valence electrons. The molecule has 0 spiro atoms. The molecule has 42 heavy (non-hydrogen) atoms. The van der Waals surface area contributed by atoms with Crippen LogP contribution in [0.15, 0.2) is 146 Å². The van der Waals surface area contributed by atoms with Crippen LogP contribution in [0, 0.1) is 11.3 Å². The Morgan fingerprint density at radius 1 is 0.429 bits per heavy atom. The summed E-state index contributed by atoms with van der Waals surface area (Å²) >= 11 is 0. The molecule has 0 aliphatic carbocycles. The first-order valence-electron chi connectivity index (χ1n) is 13.8. The van der Waals surface area contributed by atoms with Crippen LogP contribution < -0.4 is 0 Å². The Labute approximate surface area is 244 Å². The van der Waals surface area contributed by atoms with E-state index in [0.717, 1.165) is 49.7 Å². The highest BCUT2D eigenvalue weighted by molar-refractivity contribution is 6.04. The van der Waals surface area contributed by atoms with Crippen molar-refractivity contribution in [2.75, 3.05) is 0 Å². The van der Waals surface area contributed by atoms with Crippen LogP contribution in [0.1, 0.15) is 5.56 Å². The standard InChI is InChI=1S/C38H24N4/c39-25-26-10-9-16-32(24-26)35-33-17-8-7-11-27(33)22-23-34(35)28-18-20-31(21-19-28)38-41-36(29-12-3-1-4-13-29)40-37(42-38)30-14-5-2-6-15-30/h1-24H. The molecular formula is C38H24N4. The molecule has 6 aromatic carbocycles. The molecule has 0 fully saturated rings. The minimum Gasteiger partial charge on any atom is -0.208 e. The van der Waals surface area contributed by atoms with Gasteiger partial charge in [-0.05, 0) is 45.2 Å². The van der Waals surface area contributed by atoms with E-state index >= 15 is 0 Å². The van der Waals surface area contributed by atoms with Gasteiger partial charge in [0.1, 0.15) is 0 Å². The Hall–Kier alpha value is -5.92. The van der Waals surface area contributed by atoms with Gasteiger partial charge in [-0.25, -0.2) is 15.0 Å². The van der Waals surface area contributed by atoms with E-state index in [1.54, 1.807) is 0 Å². The number of nitrogens with zero attached hydrogens (tertiary/aromatic N) is 4. The number of aromatic nitrogens is 3. The molecule has 0 aliphatic heterocycles. The fraction of sp³-hybridized carbons (Fsp3) is 0. The highest BCUT2D eigenvalue weighted by Crippen LogP contribution is 2.39. The third kappa shape index (κ3) is 4.81. The van der Waals surface area contributed by atoms with Crippen LogP contribution in [0.5, 0.6) is 0 Å². The van der Waals surface area contributed by atoms with Gasteiger partial charge < -0.3 is 0 Å². The molecule has 0 saturated heterocycles. The fourth-order valence-electron chi connectivity index (χ4n) is 5.30. The van der Waals surface area contributed by atoms with E-state index in [2.05, 4.69) is 72.8 Å². The van der Waals surface area contributed by atoms with Crippen molar-refractivity contribution in [3.8, 4) is 62.5 Å². The monoisotopic (exact) mass is 536 g/mol. The van der Waals surface area contributed by atoms with E-state index in [1.165, 1.54) is 0 Å². The lowest BCUT2D eigenvalue weighted by Crippen LogP contribution is -2.00. The van der Waals surface area contributed by atoms with Crippen molar-refractivity contribution in [2.24, 2.45) is 0 Å². The minimum atomic E-state index is 0.620. The Bertz CT molecular complexity index is 2020. The van der Waals surface area contributed by atoms with Crippen molar-refractivity contribution >= 4 is 10.8 Å². The van der Waals surface area contributed by atoms with Gasteiger partial charge in [0.2, 0.25) is 0 Å². The van der Waals surface area contributed by atoms with Crippen molar-refractivity contribution in [3.05, 3.63) is 151 Å². The minimum absolute atomic E-state index is 0.620. The van der Waals surface area contributed by atoms with Gasteiger partial charge in [0.25, 0.3) is 0 Å². The van der Waals surface area contributed by atoms with Gasteiger partial charge in [0, 0.05) is 16.7 Å². The van der Waals surface area contributed by atoms with Crippen LogP contribution in [-0.4, -0.2) is 15.0 Å². The Morgan fingerprint density at radius 2 is 0.952 bits per heavy atom. The predicted molar refractivity (Wildman–Crippen MR) is 169 cm³/mol. The van der Waals surface area contributed by atoms with E-state index in [0.29, 0.717) is 23.0 Å². The van der Waals surface area contributed by atoms with Crippen molar-refractivity contribution in [1.82, 2.24) is 15.0 Å². The fourth-order valence-corrected chi connectivity index (χ4v) is 5.30. The van der Waals surface area contributed by atoms with Gasteiger partial charge in [-0.15, -0.1) is 0 Å². The topological polar surface area (TPSA) is 62.5 Å². The highest BCUT2D eigenvalue weighted by atomic mass is 15.0. The van der Waals surface area contributed by atoms with E-state index in [1.807, 2.05) is 78.9 Å². The summed E-state index contributed by atoms with van der Waals surface area (Å²) in [5.74, 6) is 1.89. The van der Waals surface area contributed by atoms with Crippen molar-refractivity contribution in [1.29, 1.82) is 5.26 Å². The quantitative estimate of drug-likeness (QED) is 0.220. The molecule has 1 heterocycles. The molecule has 0 N–H and O–H groups in total. The number of rotatable bonds is 5. The highest BCUT2D eigenvalue weighted by Gasteiger charge is 2.15. The predicted octanol–water partition coefficient (Wildman–Crippen LogP) is 9.23. The molecular weight excluding hydrogens is 512 g/mol. The van der Waals surface area contributed by atoms with Gasteiger partial charge in [-0.1, -0.05) is 133 Å². The second-order valence-corrected chi connectivity index (χ2v) is 10.0. The zero-order valence-electron chi connectivity index (χ0n) is 22.6. The lowest BCUT2D eigenvalue weighted by Gasteiger charge is -2.15. The van der Waals surface area contributed by atoms with Crippen LogP contribution in [0.3, 0.4) is 0 Å². The first kappa shape index (κ1) is 25.1. The van der Waals surface area contributed by atoms with Crippen LogP contribution in [0.4, 0.5) is 0 Å². The van der Waals surface area contributed by atoms with Gasteiger partial charge in [0.05, 0.1) is 11.6 Å². The van der Waals surface area contributed by atoms with Gasteiger partial charge in [-0.2, -0.15) is 5.26 Å². The molecule has 4 nitrogen and oxygen atoms in total. The molecule has 7 rings (SSSR count).